The van der Waals surface area contributed by atoms with Gasteiger partial charge in [-0.25, -0.2) is 8.42 Å². The van der Waals surface area contributed by atoms with Crippen molar-refractivity contribution in [1.29, 1.82) is 0 Å². The van der Waals surface area contributed by atoms with Gasteiger partial charge >= 0.3 is 0 Å². The molecule has 5 nitrogen and oxygen atoms in total. The Balaban J connectivity index is 2.69. The van der Waals surface area contributed by atoms with Crippen LogP contribution in [0.3, 0.4) is 0 Å². The van der Waals surface area contributed by atoms with E-state index >= 15 is 0 Å². The van der Waals surface area contributed by atoms with Crippen LogP contribution < -0.4 is 11.1 Å². The lowest BCUT2D eigenvalue weighted by atomic mass is 10.1. The monoisotopic (exact) mass is 228 g/mol. The summed E-state index contributed by atoms with van der Waals surface area (Å²) < 4.78 is 20.7. The number of thiol groups is 1. The lowest BCUT2D eigenvalue weighted by Crippen LogP contribution is -2.13. The van der Waals surface area contributed by atoms with Gasteiger partial charge in [-0.05, 0) is 17.7 Å². The second-order valence-electron chi connectivity index (χ2n) is 3.01. The molecule has 1 aromatic carbocycles. The molecule has 3 N–H and O–H groups in total. The highest BCUT2D eigenvalue weighted by Gasteiger charge is 1.99. The summed E-state index contributed by atoms with van der Waals surface area (Å²) in [5, 5.41) is 2.71. The Kier molecular flexibility index (Phi) is 4.11. The van der Waals surface area contributed by atoms with Crippen molar-refractivity contribution in [3.8, 4) is 0 Å². The Morgan fingerprint density at radius 3 is 2.73 bits per heavy atom. The van der Waals surface area contributed by atoms with Gasteiger partial charge in [0.15, 0.2) is 10.7 Å². The van der Waals surface area contributed by atoms with Crippen LogP contribution in [0.1, 0.15) is 5.56 Å². The van der Waals surface area contributed by atoms with Crippen LogP contribution in [-0.4, -0.2) is 20.2 Å². The summed E-state index contributed by atoms with van der Waals surface area (Å²) in [4.78, 5) is 10.7. The third kappa shape index (κ3) is 4.46. The zero-order valence-corrected chi connectivity index (χ0v) is 8.87. The smallest absolute Gasteiger partial charge is 0.221 e. The Bertz CT molecular complexity index is 421. The molecular formula is C9H12N2O3S. The molecule has 0 spiro atoms. The van der Waals surface area contributed by atoms with E-state index in [4.69, 9.17) is 5.73 Å². The first-order valence-corrected chi connectivity index (χ1v) is 5.67. The molecule has 0 aliphatic rings. The zero-order valence-electron chi connectivity index (χ0n) is 7.97. The maximum Gasteiger partial charge on any atom is 0.221 e. The van der Waals surface area contributed by atoms with Gasteiger partial charge in [0.25, 0.3) is 0 Å². The number of anilines is 1. The molecule has 15 heavy (non-hydrogen) atoms. The number of rotatable bonds is 5. The summed E-state index contributed by atoms with van der Waals surface area (Å²) in [6.07, 6.45) is 0.152. The summed E-state index contributed by atoms with van der Waals surface area (Å²) in [7, 11) is -2.45. The molecule has 0 unspecified atom stereocenters. The van der Waals surface area contributed by atoms with Crippen LogP contribution >= 0.6 is 0 Å². The minimum absolute atomic E-state index is 0.116. The fourth-order valence-corrected chi connectivity index (χ4v) is 1.46. The van der Waals surface area contributed by atoms with Crippen LogP contribution in [0.2, 0.25) is 0 Å². The van der Waals surface area contributed by atoms with E-state index in [0.717, 1.165) is 5.56 Å². The number of benzene rings is 1. The molecule has 0 aliphatic heterocycles. The van der Waals surface area contributed by atoms with Crippen molar-refractivity contribution in [2.75, 3.05) is 11.2 Å². The van der Waals surface area contributed by atoms with Crippen LogP contribution in [-0.2, 0) is 21.9 Å². The zero-order chi connectivity index (χ0) is 11.3. The molecule has 0 heterocycles. The number of carbonyl (C=O) groups is 1. The maximum absolute atomic E-state index is 10.7. The quantitative estimate of drug-likeness (QED) is 0.603. The number of primary amides is 1. The molecule has 0 saturated heterocycles. The fraction of sp³-hybridized carbons (Fsp3) is 0.222. The summed E-state index contributed by atoms with van der Waals surface area (Å²) in [6.45, 7) is 0. The van der Waals surface area contributed by atoms with Crippen LogP contribution in [0, 0.1) is 0 Å². The molecule has 0 atom stereocenters. The summed E-state index contributed by atoms with van der Waals surface area (Å²) in [6, 6.07) is 6.92. The van der Waals surface area contributed by atoms with Crippen molar-refractivity contribution in [3.05, 3.63) is 29.8 Å². The molecule has 0 radical (unpaired) electrons. The van der Waals surface area contributed by atoms with Gasteiger partial charge in [-0.1, -0.05) is 12.1 Å². The van der Waals surface area contributed by atoms with E-state index in [1.807, 2.05) is 0 Å². The minimum atomic E-state index is -2.45. The first-order chi connectivity index (χ1) is 7.08. The average Bonchev–Trinajstić information content (AvgIpc) is 2.14. The first-order valence-electron chi connectivity index (χ1n) is 4.31. The second-order valence-corrected chi connectivity index (χ2v) is 3.99. The third-order valence-electron chi connectivity index (χ3n) is 1.72. The Morgan fingerprint density at radius 1 is 1.40 bits per heavy atom. The fourth-order valence-electron chi connectivity index (χ4n) is 1.15. The second kappa shape index (κ2) is 5.35. The van der Waals surface area contributed by atoms with Gasteiger partial charge in [-0.15, -0.1) is 0 Å². The van der Waals surface area contributed by atoms with Crippen LogP contribution in [0.15, 0.2) is 24.3 Å². The largest absolute Gasteiger partial charge is 0.372 e. The van der Waals surface area contributed by atoms with Gasteiger partial charge < -0.3 is 11.1 Å². The molecule has 82 valence electrons. The van der Waals surface area contributed by atoms with Crippen molar-refractivity contribution in [2.45, 2.75) is 6.42 Å². The Morgan fingerprint density at radius 2 is 2.13 bits per heavy atom. The van der Waals surface area contributed by atoms with Crippen LogP contribution in [0.5, 0.6) is 0 Å². The molecule has 0 bridgehead atoms. The van der Waals surface area contributed by atoms with E-state index in [1.54, 1.807) is 24.3 Å². The number of nitrogens with two attached hydrogens (primary N) is 1. The Labute approximate surface area is 89.2 Å². The SMILES string of the molecule is NC(=O)Cc1cccc(NC[SH](=O)=O)c1. The molecule has 0 fully saturated rings. The number of carbonyl (C=O) groups excluding carboxylic acids is 1. The third-order valence-corrected chi connectivity index (χ3v) is 2.13. The van der Waals surface area contributed by atoms with Crippen molar-refractivity contribution < 1.29 is 13.2 Å². The predicted molar refractivity (Wildman–Crippen MR) is 58.1 cm³/mol. The topological polar surface area (TPSA) is 89.3 Å². The van der Waals surface area contributed by atoms with E-state index < -0.39 is 16.6 Å². The van der Waals surface area contributed by atoms with E-state index in [1.165, 1.54) is 0 Å². The van der Waals surface area contributed by atoms with Crippen molar-refractivity contribution in [1.82, 2.24) is 0 Å². The summed E-state index contributed by atoms with van der Waals surface area (Å²) >= 11 is 0. The predicted octanol–water partition coefficient (Wildman–Crippen LogP) is -0.305. The van der Waals surface area contributed by atoms with Gasteiger partial charge in [0, 0.05) is 5.69 Å². The van der Waals surface area contributed by atoms with Gasteiger partial charge in [0.1, 0.15) is 5.88 Å². The average molecular weight is 228 g/mol. The van der Waals surface area contributed by atoms with Gasteiger partial charge in [0.2, 0.25) is 5.91 Å². The first kappa shape index (κ1) is 11.5. The standard InChI is InChI=1S/C9H12N2O3S/c10-9(12)5-7-2-1-3-8(4-7)11-6-15(13)14/h1-4,11,15H,5-6H2,(H2,10,12). The molecule has 1 amide bonds. The van der Waals surface area contributed by atoms with E-state index in [-0.39, 0.29) is 12.3 Å². The van der Waals surface area contributed by atoms with Crippen LogP contribution in [0.25, 0.3) is 0 Å². The van der Waals surface area contributed by atoms with Crippen molar-refractivity contribution >= 4 is 22.3 Å². The highest BCUT2D eigenvalue weighted by Crippen LogP contribution is 2.10. The molecule has 1 aromatic rings. The molecule has 0 aromatic heterocycles. The highest BCUT2D eigenvalue weighted by atomic mass is 32.2. The lowest BCUT2D eigenvalue weighted by Gasteiger charge is -2.04. The van der Waals surface area contributed by atoms with Gasteiger partial charge in [-0.2, -0.15) is 0 Å². The van der Waals surface area contributed by atoms with Gasteiger partial charge in [-0.3, -0.25) is 4.79 Å². The van der Waals surface area contributed by atoms with Crippen molar-refractivity contribution in [2.24, 2.45) is 5.73 Å². The van der Waals surface area contributed by atoms with E-state index in [2.05, 4.69) is 5.32 Å². The number of hydrogen-bond acceptors (Lipinski definition) is 4. The Hall–Kier alpha value is -1.56. The highest BCUT2D eigenvalue weighted by molar-refractivity contribution is 7.72. The molecular weight excluding hydrogens is 216 g/mol. The molecule has 1 rings (SSSR count). The number of nitrogens with one attached hydrogen (secondary N) is 1. The summed E-state index contributed by atoms with van der Waals surface area (Å²) in [5.74, 6) is -0.530. The van der Waals surface area contributed by atoms with Gasteiger partial charge in [0.05, 0.1) is 6.42 Å². The number of amides is 1. The number of hydrogen-bond donors (Lipinski definition) is 3. The van der Waals surface area contributed by atoms with E-state index in [9.17, 15) is 13.2 Å². The summed E-state index contributed by atoms with van der Waals surface area (Å²) in [5.41, 5.74) is 6.46. The molecule has 6 heteroatoms. The molecule has 0 saturated carbocycles. The minimum Gasteiger partial charge on any atom is -0.372 e. The van der Waals surface area contributed by atoms with Crippen molar-refractivity contribution in [3.63, 3.8) is 0 Å². The lowest BCUT2D eigenvalue weighted by molar-refractivity contribution is -0.117. The maximum atomic E-state index is 10.7. The van der Waals surface area contributed by atoms with E-state index in [0.29, 0.717) is 5.69 Å². The normalized spacial score (nSPS) is 10.2. The van der Waals surface area contributed by atoms with Crippen LogP contribution in [0.4, 0.5) is 5.69 Å². The molecule has 0 aliphatic carbocycles.